The van der Waals surface area contributed by atoms with E-state index in [0.717, 1.165) is 25.0 Å². The number of amides is 2. The Morgan fingerprint density at radius 1 is 1.06 bits per heavy atom. The van der Waals surface area contributed by atoms with E-state index in [1.165, 1.54) is 36.4 Å². The summed E-state index contributed by atoms with van der Waals surface area (Å²) in [4.78, 5) is 50.8. The highest BCUT2D eigenvalue weighted by Crippen LogP contribution is 2.25. The summed E-state index contributed by atoms with van der Waals surface area (Å²) >= 11 is 0. The summed E-state index contributed by atoms with van der Waals surface area (Å²) in [5.41, 5.74) is 0.884. The molecule has 9 heteroatoms. The van der Waals surface area contributed by atoms with Crippen LogP contribution in [0, 0.1) is 5.82 Å². The molecule has 0 spiro atoms. The number of hydrogen-bond acceptors (Lipinski definition) is 6. The first-order valence-corrected chi connectivity index (χ1v) is 10.7. The molecule has 2 aliphatic heterocycles. The summed E-state index contributed by atoms with van der Waals surface area (Å²) < 4.78 is 23.5. The maximum Gasteiger partial charge on any atom is 0.338 e. The summed E-state index contributed by atoms with van der Waals surface area (Å²) in [6, 6.07) is 11.0. The quantitative estimate of drug-likeness (QED) is 0.510. The molecule has 2 atom stereocenters. The molecule has 0 saturated carbocycles. The highest BCUT2D eigenvalue weighted by molar-refractivity contribution is 5.99. The van der Waals surface area contributed by atoms with Crippen molar-refractivity contribution in [3.05, 3.63) is 65.5 Å². The third-order valence-electron chi connectivity index (χ3n) is 5.70. The van der Waals surface area contributed by atoms with Gasteiger partial charge in [-0.2, -0.15) is 0 Å². The van der Waals surface area contributed by atoms with Gasteiger partial charge in [-0.1, -0.05) is 0 Å². The number of halogens is 1. The van der Waals surface area contributed by atoms with Gasteiger partial charge in [-0.15, -0.1) is 0 Å². The van der Waals surface area contributed by atoms with Gasteiger partial charge in [0.15, 0.2) is 12.4 Å². The van der Waals surface area contributed by atoms with E-state index in [-0.39, 0.29) is 35.4 Å². The molecule has 2 aromatic carbocycles. The second-order valence-corrected chi connectivity index (χ2v) is 7.99. The number of rotatable bonds is 7. The minimum Gasteiger partial charge on any atom is -0.454 e. The normalized spacial score (nSPS) is 19.7. The van der Waals surface area contributed by atoms with Crippen molar-refractivity contribution < 1.29 is 33.0 Å². The van der Waals surface area contributed by atoms with Gasteiger partial charge in [-0.3, -0.25) is 14.4 Å². The van der Waals surface area contributed by atoms with Crippen LogP contribution >= 0.6 is 0 Å². The predicted molar refractivity (Wildman–Crippen MR) is 115 cm³/mol. The number of fused-ring (bicyclic) bond motifs is 1. The molecule has 2 aliphatic rings. The average Bonchev–Trinajstić information content (AvgIpc) is 3.30. The standard InChI is InChI=1S/C24H23FN2O6/c25-17-7-3-15(4-8-17)20(28)14-33-24(31)16-5-9-18(10-6-16)26-22(29)12-21-23(30)27-11-1-2-19(27)13-32-21/h3-10,19,21H,1-2,11-14H2,(H,26,29). The monoisotopic (exact) mass is 454 g/mol. The summed E-state index contributed by atoms with van der Waals surface area (Å²) in [6.45, 7) is 0.679. The number of anilines is 1. The molecule has 0 bridgehead atoms. The fourth-order valence-electron chi connectivity index (χ4n) is 3.93. The molecule has 2 saturated heterocycles. The van der Waals surface area contributed by atoms with Gasteiger partial charge in [-0.05, 0) is 61.4 Å². The number of benzene rings is 2. The number of ether oxygens (including phenoxy) is 2. The fraction of sp³-hybridized carbons (Fsp3) is 0.333. The Morgan fingerprint density at radius 3 is 2.48 bits per heavy atom. The lowest BCUT2D eigenvalue weighted by Crippen LogP contribution is -2.51. The SMILES string of the molecule is O=C(CC1OCC2CCCN2C1=O)Nc1ccc(C(=O)OCC(=O)c2ccc(F)cc2)cc1. The lowest BCUT2D eigenvalue weighted by molar-refractivity contribution is -0.158. The van der Waals surface area contributed by atoms with Crippen LogP contribution in [0.1, 0.15) is 40.0 Å². The van der Waals surface area contributed by atoms with Gasteiger partial charge in [0.2, 0.25) is 5.91 Å². The summed E-state index contributed by atoms with van der Waals surface area (Å²) in [5, 5.41) is 2.69. The molecular weight excluding hydrogens is 431 g/mol. The number of hydrogen-bond donors (Lipinski definition) is 1. The van der Waals surface area contributed by atoms with Crippen LogP contribution in [-0.4, -0.2) is 60.4 Å². The second-order valence-electron chi connectivity index (χ2n) is 7.99. The van der Waals surface area contributed by atoms with Gasteiger partial charge < -0.3 is 19.7 Å². The fourth-order valence-corrected chi connectivity index (χ4v) is 3.93. The molecule has 172 valence electrons. The Labute approximate surface area is 189 Å². The van der Waals surface area contributed by atoms with Crippen molar-refractivity contribution in [3.8, 4) is 0 Å². The van der Waals surface area contributed by atoms with Crippen LogP contribution in [0.15, 0.2) is 48.5 Å². The molecule has 2 aromatic rings. The first-order chi connectivity index (χ1) is 15.9. The Hall–Kier alpha value is -3.59. The van der Waals surface area contributed by atoms with Crippen molar-refractivity contribution in [1.29, 1.82) is 0 Å². The minimum atomic E-state index is -0.785. The Balaban J connectivity index is 1.25. The Morgan fingerprint density at radius 2 is 1.76 bits per heavy atom. The maximum absolute atomic E-state index is 12.9. The molecular formula is C24H23FN2O6. The van der Waals surface area contributed by atoms with E-state index < -0.39 is 30.3 Å². The Bertz CT molecular complexity index is 1050. The zero-order valence-corrected chi connectivity index (χ0v) is 17.8. The number of esters is 1. The van der Waals surface area contributed by atoms with Gasteiger partial charge in [0.25, 0.3) is 5.91 Å². The van der Waals surface area contributed by atoms with Crippen molar-refractivity contribution in [2.45, 2.75) is 31.4 Å². The van der Waals surface area contributed by atoms with Gasteiger partial charge >= 0.3 is 5.97 Å². The van der Waals surface area contributed by atoms with Gasteiger partial charge in [-0.25, -0.2) is 9.18 Å². The highest BCUT2D eigenvalue weighted by Gasteiger charge is 2.39. The number of ketones is 1. The molecule has 2 unspecified atom stereocenters. The van der Waals surface area contributed by atoms with E-state index in [1.54, 1.807) is 4.90 Å². The predicted octanol–water partition coefficient (Wildman–Crippen LogP) is 2.58. The smallest absolute Gasteiger partial charge is 0.338 e. The Kier molecular flexibility index (Phi) is 6.79. The lowest BCUT2D eigenvalue weighted by Gasteiger charge is -2.34. The van der Waals surface area contributed by atoms with Crippen LogP contribution in [0.2, 0.25) is 0 Å². The van der Waals surface area contributed by atoms with Crippen LogP contribution < -0.4 is 5.32 Å². The van der Waals surface area contributed by atoms with Gasteiger partial charge in [0, 0.05) is 17.8 Å². The van der Waals surface area contributed by atoms with E-state index in [1.807, 2.05) is 0 Å². The molecule has 2 amide bonds. The molecule has 4 rings (SSSR count). The molecule has 2 heterocycles. The number of carbonyl (C=O) groups is 4. The summed E-state index contributed by atoms with van der Waals surface area (Å²) in [5.74, 6) is -2.14. The van der Waals surface area contributed by atoms with Crippen molar-refractivity contribution in [3.63, 3.8) is 0 Å². The third-order valence-corrected chi connectivity index (χ3v) is 5.70. The van der Waals surface area contributed by atoms with E-state index >= 15 is 0 Å². The molecule has 0 aliphatic carbocycles. The van der Waals surface area contributed by atoms with E-state index in [0.29, 0.717) is 18.8 Å². The van der Waals surface area contributed by atoms with Gasteiger partial charge in [0.05, 0.1) is 24.6 Å². The summed E-state index contributed by atoms with van der Waals surface area (Å²) in [7, 11) is 0. The van der Waals surface area contributed by atoms with Crippen LogP contribution in [0.3, 0.4) is 0 Å². The maximum atomic E-state index is 12.9. The number of nitrogens with one attached hydrogen (secondary N) is 1. The third kappa shape index (κ3) is 5.43. The van der Waals surface area contributed by atoms with E-state index in [2.05, 4.69) is 5.32 Å². The number of morpholine rings is 1. The highest BCUT2D eigenvalue weighted by atomic mass is 19.1. The first-order valence-electron chi connectivity index (χ1n) is 10.7. The van der Waals surface area contributed by atoms with Crippen molar-refractivity contribution >= 4 is 29.3 Å². The molecule has 0 aromatic heterocycles. The number of carbonyl (C=O) groups excluding carboxylic acids is 4. The van der Waals surface area contributed by atoms with Crippen LogP contribution in [0.5, 0.6) is 0 Å². The van der Waals surface area contributed by atoms with Gasteiger partial charge in [0.1, 0.15) is 11.9 Å². The van der Waals surface area contributed by atoms with E-state index in [9.17, 15) is 23.6 Å². The average molecular weight is 454 g/mol. The second kappa shape index (κ2) is 9.91. The van der Waals surface area contributed by atoms with E-state index in [4.69, 9.17) is 9.47 Å². The van der Waals surface area contributed by atoms with Crippen LogP contribution in [0.25, 0.3) is 0 Å². The lowest BCUT2D eigenvalue weighted by atomic mass is 10.1. The zero-order chi connectivity index (χ0) is 23.4. The van der Waals surface area contributed by atoms with Crippen LogP contribution in [-0.2, 0) is 19.1 Å². The molecule has 2 fully saturated rings. The van der Waals surface area contributed by atoms with Crippen LogP contribution in [0.4, 0.5) is 10.1 Å². The largest absolute Gasteiger partial charge is 0.454 e. The van der Waals surface area contributed by atoms with Crippen molar-refractivity contribution in [2.75, 3.05) is 25.1 Å². The summed E-state index contributed by atoms with van der Waals surface area (Å²) in [6.07, 6.45) is 1.01. The number of Topliss-reactive ketones (excluding diaryl/α,β-unsaturated/α-hetero) is 1. The topological polar surface area (TPSA) is 102 Å². The molecule has 33 heavy (non-hydrogen) atoms. The minimum absolute atomic E-state index is 0.0860. The number of nitrogens with zero attached hydrogens (tertiary/aromatic N) is 1. The van der Waals surface area contributed by atoms with Crippen molar-refractivity contribution in [1.82, 2.24) is 4.90 Å². The zero-order valence-electron chi connectivity index (χ0n) is 17.8. The molecule has 1 N–H and O–H groups in total. The first kappa shape index (κ1) is 22.6. The molecule has 8 nitrogen and oxygen atoms in total. The van der Waals surface area contributed by atoms with Crippen molar-refractivity contribution in [2.24, 2.45) is 0 Å². The molecule has 0 radical (unpaired) electrons.